The minimum atomic E-state index is -1.52. The molecule has 1 aromatic carbocycles. The van der Waals surface area contributed by atoms with E-state index in [1.807, 2.05) is 0 Å². The minimum Gasteiger partial charge on any atom is -0.379 e. The van der Waals surface area contributed by atoms with E-state index in [0.29, 0.717) is 5.69 Å². The lowest BCUT2D eigenvalue weighted by molar-refractivity contribution is 0.0959. The minimum absolute atomic E-state index is 0.133. The molecule has 0 aliphatic carbocycles. The molecule has 1 N–H and O–H groups in total. The first kappa shape index (κ1) is 11.7. The van der Waals surface area contributed by atoms with Crippen LogP contribution in [0.3, 0.4) is 0 Å². The number of nitrogens with zero attached hydrogens (tertiary/aromatic N) is 2. The largest absolute Gasteiger partial charge is 0.379 e. The highest BCUT2D eigenvalue weighted by molar-refractivity contribution is 5.31. The molecule has 0 amide bonds. The second-order valence-electron chi connectivity index (χ2n) is 4.10. The van der Waals surface area contributed by atoms with Crippen LogP contribution in [0.15, 0.2) is 30.5 Å². The predicted octanol–water partition coefficient (Wildman–Crippen LogP) is 1.95. The first-order valence-corrected chi connectivity index (χ1v) is 5.08. The number of halogens is 2. The summed E-state index contributed by atoms with van der Waals surface area (Å²) in [6.07, 6.45) is 1.65. The number of aryl methyl sites for hydroxylation is 1. The summed E-state index contributed by atoms with van der Waals surface area (Å²) in [5, 5.41) is 14.4. The molecule has 3 nitrogen and oxygen atoms in total. The standard InChI is InChI=1S/C12H12F2N2O/c1-12(17,11-3-4-16(2)15-11)8-5-9(13)7-10(14)6-8/h3-7,17H,1-2H3. The second kappa shape index (κ2) is 3.92. The molecule has 17 heavy (non-hydrogen) atoms. The lowest BCUT2D eigenvalue weighted by Gasteiger charge is -2.21. The molecule has 1 heterocycles. The zero-order chi connectivity index (χ0) is 12.6. The van der Waals surface area contributed by atoms with Gasteiger partial charge in [-0.05, 0) is 30.7 Å². The lowest BCUT2D eigenvalue weighted by atomic mass is 9.92. The summed E-state index contributed by atoms with van der Waals surface area (Å²) in [5.41, 5.74) is -1.05. The van der Waals surface area contributed by atoms with Crippen LogP contribution in [0.25, 0.3) is 0 Å². The molecule has 0 bridgehead atoms. The van der Waals surface area contributed by atoms with Crippen molar-refractivity contribution in [2.75, 3.05) is 0 Å². The average Bonchev–Trinajstić information content (AvgIpc) is 2.64. The van der Waals surface area contributed by atoms with Crippen LogP contribution in [-0.4, -0.2) is 14.9 Å². The average molecular weight is 238 g/mol. The van der Waals surface area contributed by atoms with Crippen molar-refractivity contribution in [2.24, 2.45) is 7.05 Å². The highest BCUT2D eigenvalue weighted by Crippen LogP contribution is 2.28. The molecule has 0 saturated heterocycles. The third-order valence-corrected chi connectivity index (χ3v) is 2.64. The Morgan fingerprint density at radius 2 is 1.82 bits per heavy atom. The van der Waals surface area contributed by atoms with E-state index in [-0.39, 0.29) is 5.56 Å². The molecule has 0 radical (unpaired) electrons. The van der Waals surface area contributed by atoms with Gasteiger partial charge in [-0.15, -0.1) is 0 Å². The van der Waals surface area contributed by atoms with E-state index in [0.717, 1.165) is 18.2 Å². The summed E-state index contributed by atoms with van der Waals surface area (Å²) in [6, 6.07) is 4.55. The van der Waals surface area contributed by atoms with E-state index < -0.39 is 17.2 Å². The number of hydrogen-bond acceptors (Lipinski definition) is 2. The predicted molar refractivity (Wildman–Crippen MR) is 58.2 cm³/mol. The van der Waals surface area contributed by atoms with Crippen LogP contribution in [-0.2, 0) is 12.6 Å². The highest BCUT2D eigenvalue weighted by Gasteiger charge is 2.29. The van der Waals surface area contributed by atoms with E-state index in [1.165, 1.54) is 11.6 Å². The first-order chi connectivity index (χ1) is 7.89. The van der Waals surface area contributed by atoms with Crippen LogP contribution in [0.2, 0.25) is 0 Å². The van der Waals surface area contributed by atoms with Gasteiger partial charge in [-0.2, -0.15) is 5.10 Å². The Hall–Kier alpha value is -1.75. The Labute approximate surface area is 97.3 Å². The van der Waals surface area contributed by atoms with Crippen LogP contribution in [0, 0.1) is 11.6 Å². The quantitative estimate of drug-likeness (QED) is 0.868. The van der Waals surface area contributed by atoms with Gasteiger partial charge in [-0.25, -0.2) is 8.78 Å². The molecule has 90 valence electrons. The van der Waals surface area contributed by atoms with Crippen LogP contribution in [0.1, 0.15) is 18.2 Å². The monoisotopic (exact) mass is 238 g/mol. The number of aromatic nitrogens is 2. The molecule has 0 spiro atoms. The zero-order valence-corrected chi connectivity index (χ0v) is 9.48. The summed E-state index contributed by atoms with van der Waals surface area (Å²) in [5.74, 6) is -1.45. The highest BCUT2D eigenvalue weighted by atomic mass is 19.1. The van der Waals surface area contributed by atoms with Crippen molar-refractivity contribution in [1.29, 1.82) is 0 Å². The molecule has 2 rings (SSSR count). The molecule has 1 aromatic heterocycles. The normalized spacial score (nSPS) is 14.6. The maximum Gasteiger partial charge on any atom is 0.131 e. The van der Waals surface area contributed by atoms with Gasteiger partial charge in [0.25, 0.3) is 0 Å². The van der Waals surface area contributed by atoms with Crippen LogP contribution in [0.5, 0.6) is 0 Å². The second-order valence-corrected chi connectivity index (χ2v) is 4.10. The molecule has 0 aliphatic heterocycles. The van der Waals surface area contributed by atoms with Gasteiger partial charge in [0.2, 0.25) is 0 Å². The fourth-order valence-corrected chi connectivity index (χ4v) is 1.66. The van der Waals surface area contributed by atoms with E-state index in [9.17, 15) is 13.9 Å². The van der Waals surface area contributed by atoms with Crippen molar-refractivity contribution >= 4 is 0 Å². The van der Waals surface area contributed by atoms with Crippen molar-refractivity contribution in [3.8, 4) is 0 Å². The third kappa shape index (κ3) is 2.19. The van der Waals surface area contributed by atoms with Crippen LogP contribution < -0.4 is 0 Å². The molecule has 5 heteroatoms. The van der Waals surface area contributed by atoms with Gasteiger partial charge in [0.15, 0.2) is 0 Å². The smallest absolute Gasteiger partial charge is 0.131 e. The van der Waals surface area contributed by atoms with Crippen LogP contribution in [0.4, 0.5) is 8.78 Å². The van der Waals surface area contributed by atoms with E-state index in [4.69, 9.17) is 0 Å². The van der Waals surface area contributed by atoms with Gasteiger partial charge in [0.05, 0.1) is 5.69 Å². The van der Waals surface area contributed by atoms with Gasteiger partial charge in [0, 0.05) is 19.3 Å². The van der Waals surface area contributed by atoms with E-state index in [2.05, 4.69) is 5.10 Å². The molecule has 0 fully saturated rings. The summed E-state index contributed by atoms with van der Waals surface area (Å²) in [6.45, 7) is 1.45. The molecule has 2 aromatic rings. The first-order valence-electron chi connectivity index (χ1n) is 5.08. The van der Waals surface area contributed by atoms with Crippen molar-refractivity contribution in [3.63, 3.8) is 0 Å². The summed E-state index contributed by atoms with van der Waals surface area (Å²) in [7, 11) is 1.70. The van der Waals surface area contributed by atoms with Crippen molar-refractivity contribution in [1.82, 2.24) is 9.78 Å². The van der Waals surface area contributed by atoms with E-state index in [1.54, 1.807) is 19.3 Å². The Morgan fingerprint density at radius 3 is 2.29 bits per heavy atom. The summed E-state index contributed by atoms with van der Waals surface area (Å²) in [4.78, 5) is 0. The fraction of sp³-hybridized carbons (Fsp3) is 0.250. The summed E-state index contributed by atoms with van der Waals surface area (Å²) < 4.78 is 27.7. The van der Waals surface area contributed by atoms with Gasteiger partial charge in [0.1, 0.15) is 17.2 Å². The number of rotatable bonds is 2. The Balaban J connectivity index is 2.50. The zero-order valence-electron chi connectivity index (χ0n) is 9.48. The van der Waals surface area contributed by atoms with E-state index >= 15 is 0 Å². The van der Waals surface area contributed by atoms with Gasteiger partial charge in [-0.1, -0.05) is 0 Å². The SMILES string of the molecule is Cn1ccc(C(C)(O)c2cc(F)cc(F)c2)n1. The Bertz CT molecular complexity index is 529. The lowest BCUT2D eigenvalue weighted by Crippen LogP contribution is -2.24. The van der Waals surface area contributed by atoms with Crippen LogP contribution >= 0.6 is 0 Å². The third-order valence-electron chi connectivity index (χ3n) is 2.64. The van der Waals surface area contributed by atoms with Crippen molar-refractivity contribution in [2.45, 2.75) is 12.5 Å². The number of hydrogen-bond donors (Lipinski definition) is 1. The molecule has 0 saturated carbocycles. The fourth-order valence-electron chi connectivity index (χ4n) is 1.66. The Kier molecular flexibility index (Phi) is 2.71. The molecular weight excluding hydrogens is 226 g/mol. The van der Waals surface area contributed by atoms with Gasteiger partial charge in [-0.3, -0.25) is 4.68 Å². The summed E-state index contributed by atoms with van der Waals surface area (Å²) >= 11 is 0. The molecular formula is C12H12F2N2O. The van der Waals surface area contributed by atoms with Crippen molar-refractivity contribution in [3.05, 3.63) is 53.4 Å². The number of aliphatic hydroxyl groups is 1. The van der Waals surface area contributed by atoms with Gasteiger partial charge < -0.3 is 5.11 Å². The topological polar surface area (TPSA) is 38.0 Å². The maximum absolute atomic E-state index is 13.1. The maximum atomic E-state index is 13.1. The Morgan fingerprint density at radius 1 is 1.24 bits per heavy atom. The molecule has 0 aliphatic rings. The molecule has 1 unspecified atom stereocenters. The molecule has 1 atom stereocenters. The van der Waals surface area contributed by atoms with Gasteiger partial charge >= 0.3 is 0 Å². The number of benzene rings is 1. The van der Waals surface area contributed by atoms with Crippen molar-refractivity contribution < 1.29 is 13.9 Å².